The van der Waals surface area contributed by atoms with E-state index < -0.39 is 0 Å². The molecule has 5 aromatic rings. The molecule has 1 aliphatic carbocycles. The highest BCUT2D eigenvalue weighted by molar-refractivity contribution is 6.10. The van der Waals surface area contributed by atoms with Gasteiger partial charge in [0.2, 0.25) is 5.95 Å². The first kappa shape index (κ1) is 22.5. The molecule has 3 heteroatoms. The van der Waals surface area contributed by atoms with Crippen LogP contribution in [-0.4, -0.2) is 14.5 Å². The molecule has 0 radical (unpaired) electrons. The van der Waals surface area contributed by atoms with E-state index in [1.807, 2.05) is 32.0 Å². The zero-order valence-corrected chi connectivity index (χ0v) is 20.4. The Balaban J connectivity index is 0.00000124. The topological polar surface area (TPSA) is 30.7 Å². The second-order valence-corrected chi connectivity index (χ2v) is 8.31. The molecular weight excluding hydrogens is 426 g/mol. The van der Waals surface area contributed by atoms with Crippen LogP contribution in [0.1, 0.15) is 31.5 Å². The number of fused-ring (bicyclic) bond motifs is 3. The summed E-state index contributed by atoms with van der Waals surface area (Å²) < 4.78 is 2.20. The van der Waals surface area contributed by atoms with Crippen molar-refractivity contribution in [3.05, 3.63) is 121 Å². The van der Waals surface area contributed by atoms with E-state index >= 15 is 0 Å². The molecule has 35 heavy (non-hydrogen) atoms. The molecule has 0 saturated carbocycles. The van der Waals surface area contributed by atoms with Gasteiger partial charge in [0.15, 0.2) is 0 Å². The molecule has 2 aromatic heterocycles. The van der Waals surface area contributed by atoms with Crippen molar-refractivity contribution in [1.82, 2.24) is 14.5 Å². The predicted molar refractivity (Wildman–Crippen MR) is 149 cm³/mol. The van der Waals surface area contributed by atoms with E-state index in [1.165, 1.54) is 16.3 Å². The standard InChI is InChI=1S/C30H23N3.C2H6/c1-21-12-11-19-28-29(21)24-17-9-10-18-27(24)33(28)30-31-25(22-13-5-2-3-6-14-22)20-26(32-30)23-15-7-4-8-16-23;1-2/h2,4-20H,3H2,1H3;1-2H3. The second kappa shape index (κ2) is 9.94. The third-order valence-electron chi connectivity index (χ3n) is 6.17. The van der Waals surface area contributed by atoms with Crippen LogP contribution in [0.2, 0.25) is 0 Å². The van der Waals surface area contributed by atoms with Gasteiger partial charge in [0.05, 0.1) is 22.4 Å². The van der Waals surface area contributed by atoms with Gasteiger partial charge in [-0.3, -0.25) is 4.57 Å². The van der Waals surface area contributed by atoms with Crippen LogP contribution in [0.5, 0.6) is 0 Å². The number of para-hydroxylation sites is 1. The predicted octanol–water partition coefficient (Wildman–Crippen LogP) is 8.47. The normalized spacial score (nSPS) is 12.8. The van der Waals surface area contributed by atoms with Gasteiger partial charge >= 0.3 is 0 Å². The highest BCUT2D eigenvalue weighted by atomic mass is 15.2. The summed E-state index contributed by atoms with van der Waals surface area (Å²) in [4.78, 5) is 10.2. The largest absolute Gasteiger partial charge is 0.278 e. The van der Waals surface area contributed by atoms with E-state index in [0.717, 1.165) is 40.0 Å². The molecule has 0 fully saturated rings. The Bertz CT molecular complexity index is 1580. The van der Waals surface area contributed by atoms with Crippen LogP contribution in [0.3, 0.4) is 0 Å². The lowest BCUT2D eigenvalue weighted by Crippen LogP contribution is -2.05. The minimum Gasteiger partial charge on any atom is -0.278 e. The molecule has 3 aromatic carbocycles. The van der Waals surface area contributed by atoms with Crippen molar-refractivity contribution in [3.63, 3.8) is 0 Å². The van der Waals surface area contributed by atoms with Gasteiger partial charge in [-0.2, -0.15) is 0 Å². The summed E-state index contributed by atoms with van der Waals surface area (Å²) in [7, 11) is 0. The lowest BCUT2D eigenvalue weighted by molar-refractivity contribution is 0.983. The number of allylic oxidation sites excluding steroid dienone is 6. The molecule has 0 N–H and O–H groups in total. The Labute approximate surface area is 206 Å². The van der Waals surface area contributed by atoms with Crippen molar-refractivity contribution < 1.29 is 0 Å². The summed E-state index contributed by atoms with van der Waals surface area (Å²) in [5.74, 6) is 0.686. The number of rotatable bonds is 3. The third-order valence-corrected chi connectivity index (χ3v) is 6.17. The minimum atomic E-state index is 0.686. The van der Waals surface area contributed by atoms with E-state index in [9.17, 15) is 0 Å². The van der Waals surface area contributed by atoms with Crippen molar-refractivity contribution in [2.45, 2.75) is 27.2 Å². The average Bonchev–Trinajstić information content (AvgIpc) is 3.05. The fraction of sp³-hybridized carbons (Fsp3) is 0.125. The van der Waals surface area contributed by atoms with E-state index in [2.05, 4.69) is 103 Å². The van der Waals surface area contributed by atoms with Crippen LogP contribution in [0.25, 0.3) is 44.6 Å². The number of benzene rings is 3. The van der Waals surface area contributed by atoms with Gasteiger partial charge in [-0.05, 0) is 37.1 Å². The van der Waals surface area contributed by atoms with E-state index in [4.69, 9.17) is 9.97 Å². The molecule has 0 aliphatic heterocycles. The quantitative estimate of drug-likeness (QED) is 0.273. The first-order valence-electron chi connectivity index (χ1n) is 12.3. The molecule has 0 bridgehead atoms. The molecule has 0 saturated heterocycles. The molecule has 172 valence electrons. The molecule has 0 spiro atoms. The highest BCUT2D eigenvalue weighted by Gasteiger charge is 2.17. The number of nitrogens with zero attached hydrogens (tertiary/aromatic N) is 3. The lowest BCUT2D eigenvalue weighted by Gasteiger charge is -2.12. The first-order chi connectivity index (χ1) is 17.3. The van der Waals surface area contributed by atoms with Gasteiger partial charge in [-0.15, -0.1) is 0 Å². The van der Waals surface area contributed by atoms with Gasteiger partial charge in [0.25, 0.3) is 0 Å². The maximum Gasteiger partial charge on any atom is 0.235 e. The molecule has 3 nitrogen and oxygen atoms in total. The smallest absolute Gasteiger partial charge is 0.235 e. The van der Waals surface area contributed by atoms with Crippen molar-refractivity contribution in [1.29, 1.82) is 0 Å². The van der Waals surface area contributed by atoms with Crippen LogP contribution in [0.15, 0.2) is 109 Å². The third kappa shape index (κ3) is 4.22. The van der Waals surface area contributed by atoms with E-state index in [0.29, 0.717) is 5.95 Å². The number of aryl methyl sites for hydroxylation is 1. The number of aromatic nitrogens is 3. The van der Waals surface area contributed by atoms with E-state index in [-0.39, 0.29) is 0 Å². The molecule has 0 atom stereocenters. The second-order valence-electron chi connectivity index (χ2n) is 8.31. The fourth-order valence-corrected chi connectivity index (χ4v) is 4.60. The Morgan fingerprint density at radius 2 is 1.49 bits per heavy atom. The molecular formula is C32H29N3. The highest BCUT2D eigenvalue weighted by Crippen LogP contribution is 2.34. The summed E-state index contributed by atoms with van der Waals surface area (Å²) in [6.45, 7) is 6.17. The zero-order chi connectivity index (χ0) is 24.2. The monoisotopic (exact) mass is 455 g/mol. The van der Waals surface area contributed by atoms with Crippen molar-refractivity contribution in [2.24, 2.45) is 0 Å². The van der Waals surface area contributed by atoms with Crippen LogP contribution in [0, 0.1) is 6.92 Å². The zero-order valence-electron chi connectivity index (χ0n) is 20.4. The summed E-state index contributed by atoms with van der Waals surface area (Å²) in [6.07, 6.45) is 11.6. The Hall–Kier alpha value is -4.24. The van der Waals surface area contributed by atoms with Crippen LogP contribution < -0.4 is 0 Å². The van der Waals surface area contributed by atoms with Crippen molar-refractivity contribution in [3.8, 4) is 17.2 Å². The Morgan fingerprint density at radius 1 is 0.743 bits per heavy atom. The van der Waals surface area contributed by atoms with Crippen LogP contribution >= 0.6 is 0 Å². The summed E-state index contributed by atoms with van der Waals surface area (Å²) in [5, 5.41) is 2.47. The average molecular weight is 456 g/mol. The lowest BCUT2D eigenvalue weighted by atomic mass is 10.1. The van der Waals surface area contributed by atoms with Gasteiger partial charge in [0, 0.05) is 21.9 Å². The van der Waals surface area contributed by atoms with Crippen molar-refractivity contribution in [2.75, 3.05) is 0 Å². The van der Waals surface area contributed by atoms with Crippen LogP contribution in [0.4, 0.5) is 0 Å². The first-order valence-corrected chi connectivity index (χ1v) is 12.3. The maximum atomic E-state index is 5.10. The summed E-state index contributed by atoms with van der Waals surface area (Å²) in [5.41, 5.74) is 7.48. The Morgan fingerprint density at radius 3 is 2.34 bits per heavy atom. The van der Waals surface area contributed by atoms with Gasteiger partial charge < -0.3 is 0 Å². The summed E-state index contributed by atoms with van der Waals surface area (Å²) >= 11 is 0. The van der Waals surface area contributed by atoms with Gasteiger partial charge in [-0.1, -0.05) is 105 Å². The summed E-state index contributed by atoms with van der Waals surface area (Å²) in [6, 6.07) is 27.4. The van der Waals surface area contributed by atoms with Gasteiger partial charge in [0.1, 0.15) is 0 Å². The van der Waals surface area contributed by atoms with Crippen molar-refractivity contribution >= 4 is 27.4 Å². The van der Waals surface area contributed by atoms with Crippen LogP contribution in [-0.2, 0) is 0 Å². The molecule has 2 heterocycles. The maximum absolute atomic E-state index is 5.10. The molecule has 0 amide bonds. The van der Waals surface area contributed by atoms with E-state index in [1.54, 1.807) is 0 Å². The minimum absolute atomic E-state index is 0.686. The van der Waals surface area contributed by atoms with Gasteiger partial charge in [-0.25, -0.2) is 9.97 Å². The SMILES string of the molecule is CC.Cc1cccc2c1c1ccccc1n2-c1nc(C2=CC=CCC=C2)cc(-c2ccccc2)n1. The molecule has 1 aliphatic rings. The molecule has 0 unspecified atom stereocenters. The molecule has 6 rings (SSSR count). The fourth-order valence-electron chi connectivity index (χ4n) is 4.60. The number of hydrogen-bond donors (Lipinski definition) is 0. The number of hydrogen-bond acceptors (Lipinski definition) is 2. The Kier molecular flexibility index (Phi) is 6.40.